The Balaban J connectivity index is 1.39. The molecule has 9 heteroatoms. The van der Waals surface area contributed by atoms with Gasteiger partial charge >= 0.3 is 0 Å². The van der Waals surface area contributed by atoms with E-state index in [1.165, 1.54) is 11.0 Å². The van der Waals surface area contributed by atoms with Gasteiger partial charge in [-0.3, -0.25) is 19.5 Å². The van der Waals surface area contributed by atoms with E-state index in [4.69, 9.17) is 4.74 Å². The number of hydrogen-bond acceptors (Lipinski definition) is 7. The summed E-state index contributed by atoms with van der Waals surface area (Å²) in [5.41, 5.74) is 3.50. The van der Waals surface area contributed by atoms with Crippen LogP contribution < -0.4 is 10.1 Å². The number of allylic oxidation sites excluding steroid dienone is 3. The lowest BCUT2D eigenvalue weighted by Crippen LogP contribution is -2.39. The number of halogens is 1. The average Bonchev–Trinajstić information content (AvgIpc) is 3.18. The number of aliphatic hydroxyl groups is 1. The molecule has 0 bridgehead atoms. The minimum absolute atomic E-state index is 0.0689. The van der Waals surface area contributed by atoms with Crippen molar-refractivity contribution in [2.45, 2.75) is 52.2 Å². The van der Waals surface area contributed by atoms with Gasteiger partial charge in [-0.25, -0.2) is 9.37 Å². The number of pyridine rings is 2. The fourth-order valence-electron chi connectivity index (χ4n) is 6.54. The Morgan fingerprint density at radius 3 is 2.70 bits per heavy atom. The number of ether oxygens (including phenoxy) is 1. The van der Waals surface area contributed by atoms with E-state index in [9.17, 15) is 14.7 Å². The summed E-state index contributed by atoms with van der Waals surface area (Å²) in [6.45, 7) is 4.25. The molecule has 2 aromatic carbocycles. The molecule has 3 aliphatic rings. The predicted octanol–water partition coefficient (Wildman–Crippen LogP) is 7.23. The number of benzene rings is 2. The maximum atomic E-state index is 16.4. The van der Waals surface area contributed by atoms with Gasteiger partial charge in [0.15, 0.2) is 5.78 Å². The zero-order valence-electron chi connectivity index (χ0n) is 25.6. The molecule has 0 radical (unpaired) electrons. The van der Waals surface area contributed by atoms with E-state index in [1.54, 1.807) is 42.6 Å². The first-order chi connectivity index (χ1) is 22.2. The van der Waals surface area contributed by atoms with Crippen LogP contribution in [0.3, 0.4) is 0 Å². The summed E-state index contributed by atoms with van der Waals surface area (Å²) in [4.78, 5) is 39.1. The molecule has 2 aliphatic carbocycles. The fourth-order valence-corrected chi connectivity index (χ4v) is 6.54. The van der Waals surface area contributed by atoms with Gasteiger partial charge in [-0.1, -0.05) is 50.3 Å². The third-order valence-corrected chi connectivity index (χ3v) is 8.66. The first-order valence-corrected chi connectivity index (χ1v) is 15.4. The minimum Gasteiger partial charge on any atom is -0.510 e. The Labute approximate surface area is 265 Å². The van der Waals surface area contributed by atoms with E-state index in [0.717, 1.165) is 5.56 Å². The van der Waals surface area contributed by atoms with E-state index in [0.29, 0.717) is 58.7 Å². The van der Waals surface area contributed by atoms with Crippen molar-refractivity contribution in [2.75, 3.05) is 0 Å². The van der Waals surface area contributed by atoms with E-state index in [1.807, 2.05) is 50.3 Å². The number of amides is 1. The second-order valence-electron chi connectivity index (χ2n) is 12.7. The summed E-state index contributed by atoms with van der Waals surface area (Å²) in [5, 5.41) is 14.5. The number of nitrogens with one attached hydrogen (secondary N) is 1. The van der Waals surface area contributed by atoms with Crippen LogP contribution >= 0.6 is 0 Å². The molecule has 0 saturated heterocycles. The molecule has 8 nitrogen and oxygen atoms in total. The van der Waals surface area contributed by atoms with Crippen molar-refractivity contribution >= 4 is 22.7 Å². The molecule has 0 spiro atoms. The molecule has 1 unspecified atom stereocenters. The highest BCUT2D eigenvalue weighted by atomic mass is 19.1. The summed E-state index contributed by atoms with van der Waals surface area (Å²) < 4.78 is 22.3. The smallest absolute Gasteiger partial charge is 0.277 e. The number of Topliss-reactive ketones (excluding diaryl/α,β-unsaturated/α-hetero) is 1. The molecule has 2 N–H and O–H groups in total. The molecular weight excluding hydrogens is 583 g/mol. The summed E-state index contributed by atoms with van der Waals surface area (Å²) >= 11 is 0. The van der Waals surface area contributed by atoms with Crippen molar-refractivity contribution in [1.29, 1.82) is 0 Å². The van der Waals surface area contributed by atoms with Crippen molar-refractivity contribution < 1.29 is 23.8 Å². The van der Waals surface area contributed by atoms with E-state index in [2.05, 4.69) is 15.3 Å². The van der Waals surface area contributed by atoms with Crippen molar-refractivity contribution in [3.05, 3.63) is 136 Å². The standard InChI is InChI=1S/C37H33FN4O4/c1-37(2)19-29-33(32(44)20-37)35(24-14-13-23(18-25(24)38)46-21-22-8-4-3-5-9-22)42(30-11-6-12-31(43)34(30)41-29)36(45)28-16-15-26-27(40-28)10-7-17-39-26/h3-5,7-11,13-18,35,41,43H,6,12,19-21H2,1-2H3. The summed E-state index contributed by atoms with van der Waals surface area (Å²) in [6, 6.07) is 19.8. The van der Waals surface area contributed by atoms with Crippen LogP contribution in [0.5, 0.6) is 5.75 Å². The normalized spacial score (nSPS) is 19.2. The zero-order chi connectivity index (χ0) is 32.0. The summed E-state index contributed by atoms with van der Waals surface area (Å²) in [7, 11) is 0. The molecule has 232 valence electrons. The molecule has 1 atom stereocenters. The second-order valence-corrected chi connectivity index (χ2v) is 12.7. The molecule has 46 heavy (non-hydrogen) atoms. The second kappa shape index (κ2) is 11.6. The van der Waals surface area contributed by atoms with E-state index >= 15 is 4.39 Å². The number of nitrogens with zero attached hydrogens (tertiary/aromatic N) is 3. The van der Waals surface area contributed by atoms with Gasteiger partial charge in [-0.2, -0.15) is 0 Å². The van der Waals surface area contributed by atoms with Crippen molar-refractivity contribution in [1.82, 2.24) is 20.2 Å². The summed E-state index contributed by atoms with van der Waals surface area (Å²) in [6.07, 6.45) is 5.00. The lowest BCUT2D eigenvalue weighted by Gasteiger charge is -2.37. The van der Waals surface area contributed by atoms with Crippen LogP contribution in [-0.2, 0) is 11.4 Å². The number of carbonyl (C=O) groups excluding carboxylic acids is 2. The third-order valence-electron chi connectivity index (χ3n) is 8.66. The maximum absolute atomic E-state index is 16.4. The highest BCUT2D eigenvalue weighted by Crippen LogP contribution is 2.48. The Hall–Kier alpha value is -5.31. The van der Waals surface area contributed by atoms with Gasteiger partial charge in [0.25, 0.3) is 5.91 Å². The average molecular weight is 617 g/mol. The van der Waals surface area contributed by atoms with Crippen LogP contribution in [0.1, 0.15) is 67.2 Å². The van der Waals surface area contributed by atoms with Crippen LogP contribution in [-0.4, -0.2) is 31.7 Å². The molecule has 2 aromatic heterocycles. The van der Waals surface area contributed by atoms with Crippen molar-refractivity contribution in [2.24, 2.45) is 5.41 Å². The SMILES string of the molecule is CC1(C)CC(=O)C2=C(C1)NC1=C(O)CCC=C1N(C(=O)c1ccc3ncccc3n1)C2c1ccc(OCc2ccccc2)cc1F. The maximum Gasteiger partial charge on any atom is 0.277 e. The molecular formula is C37H33FN4O4. The molecule has 4 aromatic rings. The third kappa shape index (κ3) is 5.42. The highest BCUT2D eigenvalue weighted by molar-refractivity contribution is 6.02. The van der Waals surface area contributed by atoms with Crippen LogP contribution in [0.2, 0.25) is 0 Å². The van der Waals surface area contributed by atoms with Crippen LogP contribution in [0, 0.1) is 11.2 Å². The zero-order valence-corrected chi connectivity index (χ0v) is 25.6. The Bertz CT molecular complexity index is 1980. The molecule has 7 rings (SSSR count). The van der Waals surface area contributed by atoms with Crippen LogP contribution in [0.4, 0.5) is 4.39 Å². The lowest BCUT2D eigenvalue weighted by molar-refractivity contribution is -0.118. The largest absolute Gasteiger partial charge is 0.510 e. The lowest BCUT2D eigenvalue weighted by atomic mass is 9.73. The Kier molecular flexibility index (Phi) is 7.39. The first-order valence-electron chi connectivity index (χ1n) is 15.4. The van der Waals surface area contributed by atoms with Gasteiger partial charge in [0.2, 0.25) is 0 Å². The number of rotatable bonds is 5. The number of ketones is 1. The number of aromatic nitrogens is 2. The number of hydrogen-bond donors (Lipinski definition) is 2. The molecule has 1 aliphatic heterocycles. The molecule has 0 saturated carbocycles. The first kappa shape index (κ1) is 29.4. The number of fused-ring (bicyclic) bond motifs is 2. The van der Waals surface area contributed by atoms with Crippen LogP contribution in [0.15, 0.2) is 113 Å². The highest BCUT2D eigenvalue weighted by Gasteiger charge is 2.46. The predicted molar refractivity (Wildman–Crippen MR) is 171 cm³/mol. The quantitative estimate of drug-likeness (QED) is 0.244. The Morgan fingerprint density at radius 2 is 1.89 bits per heavy atom. The van der Waals surface area contributed by atoms with Gasteiger partial charge < -0.3 is 15.2 Å². The summed E-state index contributed by atoms with van der Waals surface area (Å²) in [5.74, 6) is -0.966. The van der Waals surface area contributed by atoms with Gasteiger partial charge in [0.05, 0.1) is 22.8 Å². The van der Waals surface area contributed by atoms with Gasteiger partial charge in [-0.05, 0) is 60.2 Å². The van der Waals surface area contributed by atoms with E-state index < -0.39 is 17.8 Å². The van der Waals surface area contributed by atoms with Gasteiger partial charge in [0, 0.05) is 41.9 Å². The van der Waals surface area contributed by atoms with E-state index in [-0.39, 0.29) is 41.2 Å². The molecule has 1 amide bonds. The number of carbonyl (C=O) groups is 2. The van der Waals surface area contributed by atoms with Crippen molar-refractivity contribution in [3.8, 4) is 5.75 Å². The van der Waals surface area contributed by atoms with Crippen molar-refractivity contribution in [3.63, 3.8) is 0 Å². The molecule has 0 fully saturated rings. The monoisotopic (exact) mass is 616 g/mol. The topological polar surface area (TPSA) is 105 Å². The van der Waals surface area contributed by atoms with Gasteiger partial charge in [-0.15, -0.1) is 0 Å². The minimum atomic E-state index is -1.14. The fraction of sp³-hybridized carbons (Fsp3) is 0.243. The van der Waals surface area contributed by atoms with Crippen LogP contribution in [0.25, 0.3) is 11.0 Å². The number of aliphatic hydroxyl groups excluding tert-OH is 1. The van der Waals surface area contributed by atoms with Gasteiger partial charge in [0.1, 0.15) is 35.3 Å². The Morgan fingerprint density at radius 1 is 1.07 bits per heavy atom. The molecule has 3 heterocycles.